The van der Waals surface area contributed by atoms with Gasteiger partial charge in [-0.15, -0.1) is 0 Å². The molecule has 3 heterocycles. The molecule has 1 atom stereocenters. The summed E-state index contributed by atoms with van der Waals surface area (Å²) in [5.41, 5.74) is 1.83. The number of aromatic nitrogens is 3. The summed E-state index contributed by atoms with van der Waals surface area (Å²) in [6.07, 6.45) is 6.31. The molecule has 0 aliphatic carbocycles. The molecule has 3 aromatic rings. The van der Waals surface area contributed by atoms with Gasteiger partial charge in [0.25, 0.3) is 0 Å². The Morgan fingerprint density at radius 3 is 3.04 bits per heavy atom. The second-order valence-electron chi connectivity index (χ2n) is 6.93. The van der Waals surface area contributed by atoms with Gasteiger partial charge in [0.1, 0.15) is 17.8 Å². The highest BCUT2D eigenvalue weighted by Crippen LogP contribution is 2.36. The molecule has 6 heteroatoms. The van der Waals surface area contributed by atoms with Gasteiger partial charge in [-0.05, 0) is 43.0 Å². The van der Waals surface area contributed by atoms with Gasteiger partial charge in [-0.1, -0.05) is 23.7 Å². The molecule has 1 aliphatic rings. The third kappa shape index (κ3) is 3.22. The molecule has 0 spiro atoms. The van der Waals surface area contributed by atoms with Gasteiger partial charge in [-0.25, -0.2) is 9.97 Å². The largest absolute Gasteiger partial charge is 0.396 e. The van der Waals surface area contributed by atoms with Gasteiger partial charge in [-0.3, -0.25) is 0 Å². The Morgan fingerprint density at radius 1 is 1.28 bits per heavy atom. The summed E-state index contributed by atoms with van der Waals surface area (Å²) < 4.78 is 0. The van der Waals surface area contributed by atoms with Crippen molar-refractivity contribution in [1.82, 2.24) is 15.0 Å². The first-order chi connectivity index (χ1) is 12.2. The summed E-state index contributed by atoms with van der Waals surface area (Å²) in [7, 11) is 0. The first-order valence-electron chi connectivity index (χ1n) is 8.57. The molecule has 1 fully saturated rings. The Kier molecular flexibility index (Phi) is 4.36. The predicted molar refractivity (Wildman–Crippen MR) is 100 cm³/mol. The lowest BCUT2D eigenvalue weighted by Gasteiger charge is -2.42. The van der Waals surface area contributed by atoms with Crippen LogP contribution >= 0.6 is 11.6 Å². The molecule has 1 saturated heterocycles. The maximum atomic E-state index is 10.2. The van der Waals surface area contributed by atoms with Crippen LogP contribution in [-0.4, -0.2) is 39.8 Å². The Bertz CT molecular complexity index is 880. The Balaban J connectivity index is 1.63. The van der Waals surface area contributed by atoms with Gasteiger partial charge in [0, 0.05) is 29.7 Å². The molecule has 0 amide bonds. The van der Waals surface area contributed by atoms with Crippen molar-refractivity contribution in [3.8, 4) is 0 Å². The van der Waals surface area contributed by atoms with Crippen LogP contribution < -0.4 is 4.90 Å². The number of nitrogens with one attached hydrogen (secondary N) is 1. The molecular formula is C19H21ClN4O. The molecule has 5 nitrogen and oxygen atoms in total. The van der Waals surface area contributed by atoms with Crippen LogP contribution in [-0.2, 0) is 6.42 Å². The van der Waals surface area contributed by atoms with Crippen molar-refractivity contribution < 1.29 is 5.11 Å². The first kappa shape index (κ1) is 16.4. The number of aliphatic hydroxyl groups excluding tert-OH is 1. The number of fused-ring (bicyclic) bond motifs is 1. The quantitative estimate of drug-likeness (QED) is 0.751. The number of nitrogens with zero attached hydrogens (tertiary/aromatic N) is 3. The molecule has 2 aromatic heterocycles. The third-order valence-corrected chi connectivity index (χ3v) is 5.33. The molecule has 25 heavy (non-hydrogen) atoms. The molecule has 0 unspecified atom stereocenters. The normalized spacial score (nSPS) is 21.0. The number of benzene rings is 1. The van der Waals surface area contributed by atoms with E-state index < -0.39 is 0 Å². The van der Waals surface area contributed by atoms with E-state index in [1.54, 1.807) is 6.33 Å². The molecule has 1 aliphatic heterocycles. The minimum Gasteiger partial charge on any atom is -0.396 e. The first-order valence-corrected chi connectivity index (χ1v) is 8.95. The summed E-state index contributed by atoms with van der Waals surface area (Å²) in [5.74, 6) is 0.940. The van der Waals surface area contributed by atoms with Crippen molar-refractivity contribution in [2.24, 2.45) is 5.41 Å². The van der Waals surface area contributed by atoms with Crippen molar-refractivity contribution in [2.75, 3.05) is 24.6 Å². The van der Waals surface area contributed by atoms with Crippen molar-refractivity contribution in [2.45, 2.75) is 19.3 Å². The highest BCUT2D eigenvalue weighted by atomic mass is 35.5. The van der Waals surface area contributed by atoms with E-state index in [0.717, 1.165) is 59.8 Å². The van der Waals surface area contributed by atoms with E-state index in [1.807, 2.05) is 30.5 Å². The Labute approximate surface area is 151 Å². The number of rotatable bonds is 4. The minimum atomic E-state index is -0.184. The second-order valence-corrected chi connectivity index (χ2v) is 7.36. The van der Waals surface area contributed by atoms with Crippen LogP contribution in [0.1, 0.15) is 18.4 Å². The lowest BCUT2D eigenvalue weighted by Crippen LogP contribution is -2.47. The zero-order valence-corrected chi connectivity index (χ0v) is 14.7. The van der Waals surface area contributed by atoms with E-state index >= 15 is 0 Å². The minimum absolute atomic E-state index is 0.150. The molecule has 1 aromatic carbocycles. The number of halogens is 1. The number of aromatic amines is 1. The van der Waals surface area contributed by atoms with E-state index in [9.17, 15) is 5.11 Å². The van der Waals surface area contributed by atoms with E-state index in [-0.39, 0.29) is 12.0 Å². The van der Waals surface area contributed by atoms with Gasteiger partial charge >= 0.3 is 0 Å². The lowest BCUT2D eigenvalue weighted by atomic mass is 9.75. The van der Waals surface area contributed by atoms with Crippen LogP contribution in [0, 0.1) is 5.41 Å². The van der Waals surface area contributed by atoms with Gasteiger partial charge in [-0.2, -0.15) is 0 Å². The number of anilines is 1. The molecule has 0 radical (unpaired) electrons. The maximum absolute atomic E-state index is 10.2. The average molecular weight is 357 g/mol. The van der Waals surface area contributed by atoms with Crippen LogP contribution in [0.25, 0.3) is 11.0 Å². The summed E-state index contributed by atoms with van der Waals surface area (Å²) >= 11 is 6.14. The average Bonchev–Trinajstić information content (AvgIpc) is 3.10. The summed E-state index contributed by atoms with van der Waals surface area (Å²) in [6, 6.07) is 9.94. The summed E-state index contributed by atoms with van der Waals surface area (Å²) in [4.78, 5) is 14.2. The van der Waals surface area contributed by atoms with Crippen LogP contribution in [0.2, 0.25) is 5.02 Å². The van der Waals surface area contributed by atoms with E-state index in [2.05, 4.69) is 25.9 Å². The van der Waals surface area contributed by atoms with Crippen LogP contribution in [0.3, 0.4) is 0 Å². The Morgan fingerprint density at radius 2 is 2.20 bits per heavy atom. The molecule has 2 N–H and O–H groups in total. The second kappa shape index (κ2) is 6.65. The van der Waals surface area contributed by atoms with Crippen molar-refractivity contribution in [3.63, 3.8) is 0 Å². The summed E-state index contributed by atoms with van der Waals surface area (Å²) in [5, 5.41) is 12.0. The SMILES string of the molecule is OC[C@]1(Cc2cccc(Cl)c2)CCCN(c2ncnc3[nH]ccc23)C1. The van der Waals surface area contributed by atoms with Crippen molar-refractivity contribution in [3.05, 3.63) is 53.4 Å². The van der Waals surface area contributed by atoms with Crippen LogP contribution in [0.4, 0.5) is 5.82 Å². The fraction of sp³-hybridized carbons (Fsp3) is 0.368. The van der Waals surface area contributed by atoms with Crippen molar-refractivity contribution >= 4 is 28.5 Å². The number of piperidine rings is 1. The number of hydrogen-bond acceptors (Lipinski definition) is 4. The summed E-state index contributed by atoms with van der Waals surface area (Å²) in [6.45, 7) is 1.86. The Hall–Kier alpha value is -2.11. The topological polar surface area (TPSA) is 65.0 Å². The van der Waals surface area contributed by atoms with Crippen molar-refractivity contribution in [1.29, 1.82) is 0 Å². The standard InChI is InChI=1S/C19H21ClN4O/c20-15-4-1-3-14(9-15)10-19(12-25)6-2-8-24(11-19)18-16-5-7-21-17(16)22-13-23-18/h1,3-5,7,9,13,25H,2,6,8,10-12H2,(H,21,22,23)/t19-/m0/s1. The highest BCUT2D eigenvalue weighted by Gasteiger charge is 2.36. The van der Waals surface area contributed by atoms with E-state index in [1.165, 1.54) is 0 Å². The van der Waals surface area contributed by atoms with E-state index in [4.69, 9.17) is 11.6 Å². The molecule has 0 bridgehead atoms. The number of H-pyrrole nitrogens is 1. The maximum Gasteiger partial charge on any atom is 0.142 e. The number of hydrogen-bond donors (Lipinski definition) is 2. The van der Waals surface area contributed by atoms with Crippen LogP contribution in [0.15, 0.2) is 42.9 Å². The fourth-order valence-corrected chi connectivity index (χ4v) is 4.12. The number of aliphatic hydroxyl groups is 1. The third-order valence-electron chi connectivity index (χ3n) is 5.10. The molecule has 130 valence electrons. The molecular weight excluding hydrogens is 336 g/mol. The monoisotopic (exact) mass is 356 g/mol. The lowest BCUT2D eigenvalue weighted by molar-refractivity contribution is 0.105. The van der Waals surface area contributed by atoms with Gasteiger partial charge in [0.05, 0.1) is 12.0 Å². The smallest absolute Gasteiger partial charge is 0.142 e. The fourth-order valence-electron chi connectivity index (χ4n) is 3.91. The highest BCUT2D eigenvalue weighted by molar-refractivity contribution is 6.30. The molecule has 4 rings (SSSR count). The van der Waals surface area contributed by atoms with Gasteiger partial charge in [0.2, 0.25) is 0 Å². The van der Waals surface area contributed by atoms with E-state index in [0.29, 0.717) is 0 Å². The van der Waals surface area contributed by atoms with Gasteiger partial charge in [0.15, 0.2) is 0 Å². The van der Waals surface area contributed by atoms with Crippen LogP contribution in [0.5, 0.6) is 0 Å². The molecule has 0 saturated carbocycles. The zero-order valence-electron chi connectivity index (χ0n) is 14.0. The zero-order chi connectivity index (χ0) is 17.3. The van der Waals surface area contributed by atoms with Gasteiger partial charge < -0.3 is 15.0 Å². The predicted octanol–water partition coefficient (Wildman–Crippen LogP) is 3.43.